The van der Waals surface area contributed by atoms with Crippen LogP contribution < -0.4 is 10.6 Å². The van der Waals surface area contributed by atoms with Crippen LogP contribution in [0.5, 0.6) is 0 Å². The molecule has 108 valence electrons. The van der Waals surface area contributed by atoms with Crippen molar-refractivity contribution in [2.75, 3.05) is 19.7 Å². The SMILES string of the molecule is O=C(COC1CCNCC1)NC1Cc2ccccc2C1. The lowest BCUT2D eigenvalue weighted by Gasteiger charge is -2.23. The molecule has 4 nitrogen and oxygen atoms in total. The Hall–Kier alpha value is -1.39. The van der Waals surface area contributed by atoms with E-state index in [2.05, 4.69) is 34.9 Å². The molecule has 1 aromatic carbocycles. The van der Waals surface area contributed by atoms with Crippen molar-refractivity contribution in [2.45, 2.75) is 37.8 Å². The second-order valence-corrected chi connectivity index (χ2v) is 5.70. The van der Waals surface area contributed by atoms with Crippen molar-refractivity contribution in [1.82, 2.24) is 10.6 Å². The Morgan fingerprint density at radius 1 is 1.20 bits per heavy atom. The molecule has 0 unspecified atom stereocenters. The van der Waals surface area contributed by atoms with Crippen molar-refractivity contribution in [3.63, 3.8) is 0 Å². The number of carbonyl (C=O) groups excluding carboxylic acids is 1. The number of nitrogens with one attached hydrogen (secondary N) is 2. The fraction of sp³-hybridized carbons (Fsp3) is 0.562. The molecule has 1 amide bonds. The van der Waals surface area contributed by atoms with E-state index in [0.29, 0.717) is 0 Å². The molecule has 0 saturated carbocycles. The van der Waals surface area contributed by atoms with E-state index in [1.165, 1.54) is 11.1 Å². The van der Waals surface area contributed by atoms with Gasteiger partial charge < -0.3 is 15.4 Å². The highest BCUT2D eigenvalue weighted by Gasteiger charge is 2.23. The number of hydrogen-bond donors (Lipinski definition) is 2. The second-order valence-electron chi connectivity index (χ2n) is 5.70. The molecule has 1 saturated heterocycles. The first kappa shape index (κ1) is 13.6. The van der Waals surface area contributed by atoms with Crippen molar-refractivity contribution in [2.24, 2.45) is 0 Å². The highest BCUT2D eigenvalue weighted by Crippen LogP contribution is 2.21. The lowest BCUT2D eigenvalue weighted by molar-refractivity contribution is -0.128. The molecule has 20 heavy (non-hydrogen) atoms. The van der Waals surface area contributed by atoms with E-state index in [-0.39, 0.29) is 24.7 Å². The van der Waals surface area contributed by atoms with Gasteiger partial charge in [-0.1, -0.05) is 24.3 Å². The van der Waals surface area contributed by atoms with Gasteiger partial charge in [-0.25, -0.2) is 0 Å². The Morgan fingerprint density at radius 3 is 2.50 bits per heavy atom. The predicted molar refractivity (Wildman–Crippen MR) is 77.6 cm³/mol. The maximum atomic E-state index is 11.9. The standard InChI is InChI=1S/C16H22N2O2/c19-16(11-20-15-5-7-17-8-6-15)18-14-9-12-3-1-2-4-13(12)10-14/h1-4,14-15,17H,5-11H2,(H,18,19). The van der Waals surface area contributed by atoms with Gasteiger partial charge in [0.05, 0.1) is 6.10 Å². The molecule has 0 spiro atoms. The van der Waals surface area contributed by atoms with Crippen LogP contribution >= 0.6 is 0 Å². The quantitative estimate of drug-likeness (QED) is 0.862. The van der Waals surface area contributed by atoms with Crippen molar-refractivity contribution < 1.29 is 9.53 Å². The smallest absolute Gasteiger partial charge is 0.246 e. The summed E-state index contributed by atoms with van der Waals surface area (Å²) in [5.74, 6) is 0.0151. The van der Waals surface area contributed by atoms with Crippen LogP contribution in [-0.4, -0.2) is 37.7 Å². The van der Waals surface area contributed by atoms with Gasteiger partial charge in [0.1, 0.15) is 6.61 Å². The molecule has 1 aliphatic heterocycles. The van der Waals surface area contributed by atoms with Crippen molar-refractivity contribution >= 4 is 5.91 Å². The summed E-state index contributed by atoms with van der Waals surface area (Å²) in [6, 6.07) is 8.64. The molecule has 1 aromatic rings. The normalized spacial score (nSPS) is 19.8. The lowest BCUT2D eigenvalue weighted by atomic mass is 10.1. The molecule has 1 aliphatic carbocycles. The third-order valence-electron chi connectivity index (χ3n) is 4.15. The summed E-state index contributed by atoms with van der Waals surface area (Å²) >= 11 is 0. The van der Waals surface area contributed by atoms with Gasteiger partial charge >= 0.3 is 0 Å². The number of rotatable bonds is 4. The number of piperidine rings is 1. The molecule has 4 heteroatoms. The monoisotopic (exact) mass is 274 g/mol. The molecule has 3 rings (SSSR count). The molecule has 0 atom stereocenters. The first-order valence-corrected chi connectivity index (χ1v) is 7.50. The average Bonchev–Trinajstić information content (AvgIpc) is 2.88. The van der Waals surface area contributed by atoms with Crippen LogP contribution in [-0.2, 0) is 22.4 Å². The molecule has 2 N–H and O–H groups in total. The molecule has 0 radical (unpaired) electrons. The maximum Gasteiger partial charge on any atom is 0.246 e. The minimum atomic E-state index is 0.0151. The van der Waals surface area contributed by atoms with E-state index in [9.17, 15) is 4.79 Å². The third kappa shape index (κ3) is 3.38. The highest BCUT2D eigenvalue weighted by molar-refractivity contribution is 5.77. The fourth-order valence-corrected chi connectivity index (χ4v) is 3.09. The number of hydrogen-bond acceptors (Lipinski definition) is 3. The summed E-state index contributed by atoms with van der Waals surface area (Å²) in [6.45, 7) is 2.17. The average molecular weight is 274 g/mol. The van der Waals surface area contributed by atoms with Gasteiger partial charge in [-0.3, -0.25) is 4.79 Å². The largest absolute Gasteiger partial charge is 0.368 e. The van der Waals surface area contributed by atoms with Gasteiger partial charge in [-0.2, -0.15) is 0 Å². The highest BCUT2D eigenvalue weighted by atomic mass is 16.5. The minimum absolute atomic E-state index is 0.0151. The Morgan fingerprint density at radius 2 is 1.85 bits per heavy atom. The number of fused-ring (bicyclic) bond motifs is 1. The first-order chi connectivity index (χ1) is 9.81. The van der Waals surface area contributed by atoms with Crippen molar-refractivity contribution in [1.29, 1.82) is 0 Å². The summed E-state index contributed by atoms with van der Waals surface area (Å²) in [4.78, 5) is 11.9. The number of benzene rings is 1. The van der Waals surface area contributed by atoms with Crippen LogP contribution in [0.2, 0.25) is 0 Å². The van der Waals surface area contributed by atoms with E-state index in [4.69, 9.17) is 4.74 Å². The van der Waals surface area contributed by atoms with Crippen LogP contribution in [0.4, 0.5) is 0 Å². The third-order valence-corrected chi connectivity index (χ3v) is 4.15. The number of amides is 1. The number of ether oxygens (including phenoxy) is 1. The van der Waals surface area contributed by atoms with Crippen molar-refractivity contribution in [3.05, 3.63) is 35.4 Å². The van der Waals surface area contributed by atoms with E-state index in [0.717, 1.165) is 38.8 Å². The van der Waals surface area contributed by atoms with Gasteiger partial charge in [-0.05, 0) is 49.9 Å². The van der Waals surface area contributed by atoms with Gasteiger partial charge in [0.2, 0.25) is 5.91 Å². The zero-order valence-electron chi connectivity index (χ0n) is 11.7. The summed E-state index contributed by atoms with van der Waals surface area (Å²) in [5.41, 5.74) is 2.72. The topological polar surface area (TPSA) is 50.4 Å². The van der Waals surface area contributed by atoms with E-state index in [1.54, 1.807) is 0 Å². The zero-order valence-corrected chi connectivity index (χ0v) is 11.7. The van der Waals surface area contributed by atoms with E-state index in [1.807, 2.05) is 0 Å². The Balaban J connectivity index is 1.41. The van der Waals surface area contributed by atoms with Gasteiger partial charge in [0, 0.05) is 6.04 Å². The molecule has 1 heterocycles. The Bertz CT molecular complexity index is 444. The van der Waals surface area contributed by atoms with Gasteiger partial charge in [0.15, 0.2) is 0 Å². The summed E-state index contributed by atoms with van der Waals surface area (Å²) in [6.07, 6.45) is 4.12. The van der Waals surface area contributed by atoms with Crippen LogP contribution in [0.3, 0.4) is 0 Å². The predicted octanol–water partition coefficient (Wildman–Crippen LogP) is 1.04. The lowest BCUT2D eigenvalue weighted by Crippen LogP contribution is -2.40. The molecule has 2 aliphatic rings. The molecular formula is C16H22N2O2. The van der Waals surface area contributed by atoms with Crippen LogP contribution in [0.15, 0.2) is 24.3 Å². The first-order valence-electron chi connectivity index (χ1n) is 7.50. The summed E-state index contributed by atoms with van der Waals surface area (Å²) in [5, 5.41) is 6.38. The second kappa shape index (κ2) is 6.37. The zero-order chi connectivity index (χ0) is 13.8. The van der Waals surface area contributed by atoms with Crippen molar-refractivity contribution in [3.8, 4) is 0 Å². The summed E-state index contributed by atoms with van der Waals surface area (Å²) < 4.78 is 5.68. The molecule has 1 fully saturated rings. The Kier molecular flexibility index (Phi) is 4.33. The molecule has 0 bridgehead atoms. The Labute approximate surface area is 119 Å². The number of carbonyl (C=O) groups is 1. The van der Waals surface area contributed by atoms with E-state index >= 15 is 0 Å². The fourth-order valence-electron chi connectivity index (χ4n) is 3.09. The minimum Gasteiger partial charge on any atom is -0.368 e. The van der Waals surface area contributed by atoms with Crippen LogP contribution in [0.25, 0.3) is 0 Å². The maximum absolute atomic E-state index is 11.9. The van der Waals surface area contributed by atoms with Gasteiger partial charge in [0.25, 0.3) is 0 Å². The van der Waals surface area contributed by atoms with Gasteiger partial charge in [-0.15, -0.1) is 0 Å². The summed E-state index contributed by atoms with van der Waals surface area (Å²) in [7, 11) is 0. The van der Waals surface area contributed by atoms with Crippen LogP contribution in [0, 0.1) is 0 Å². The van der Waals surface area contributed by atoms with E-state index < -0.39 is 0 Å². The van der Waals surface area contributed by atoms with Crippen LogP contribution in [0.1, 0.15) is 24.0 Å². The molecule has 0 aromatic heterocycles. The molecular weight excluding hydrogens is 252 g/mol.